The highest BCUT2D eigenvalue weighted by Crippen LogP contribution is 2.37. The number of ether oxygens (including phenoxy) is 4. The summed E-state index contributed by atoms with van der Waals surface area (Å²) in [5, 5.41) is 3.25. The molecule has 0 atom stereocenters. The summed E-state index contributed by atoms with van der Waals surface area (Å²) in [6.45, 7) is 3.77. The molecule has 2 aliphatic rings. The van der Waals surface area contributed by atoms with E-state index < -0.39 is 0 Å². The van der Waals surface area contributed by atoms with E-state index in [4.69, 9.17) is 18.9 Å². The molecule has 2 aliphatic heterocycles. The number of rotatable bonds is 5. The van der Waals surface area contributed by atoms with Gasteiger partial charge in [-0.15, -0.1) is 0 Å². The van der Waals surface area contributed by atoms with Crippen LogP contribution in [0.1, 0.15) is 5.56 Å². The Balaban J connectivity index is 1.91. The van der Waals surface area contributed by atoms with Gasteiger partial charge < -0.3 is 24.3 Å². The summed E-state index contributed by atoms with van der Waals surface area (Å²) in [7, 11) is 1.65. The Morgan fingerprint density at radius 1 is 1.20 bits per heavy atom. The van der Waals surface area contributed by atoms with E-state index in [9.17, 15) is 0 Å². The Labute approximate surface area is 117 Å². The minimum atomic E-state index is 0.483. The van der Waals surface area contributed by atoms with Crippen molar-refractivity contribution in [3.05, 3.63) is 17.7 Å². The standard InChI is InChI=1S/C14H18N2O4/c1-17-4-5-18-11-9-13-12(19-6-7-20-13)8-10(11)14-15-2-3-16-14/h8-9H,2-7H2,1H3,(H,15,16). The van der Waals surface area contributed by atoms with Crippen LogP contribution < -0.4 is 19.5 Å². The van der Waals surface area contributed by atoms with Crippen LogP contribution in [0.5, 0.6) is 17.2 Å². The maximum absolute atomic E-state index is 5.77. The third kappa shape index (κ3) is 2.65. The van der Waals surface area contributed by atoms with Crippen molar-refractivity contribution in [2.24, 2.45) is 4.99 Å². The molecule has 1 aromatic carbocycles. The topological polar surface area (TPSA) is 61.3 Å². The largest absolute Gasteiger partial charge is 0.490 e. The van der Waals surface area contributed by atoms with Crippen LogP contribution in [0.3, 0.4) is 0 Å². The molecule has 108 valence electrons. The van der Waals surface area contributed by atoms with Gasteiger partial charge in [-0.05, 0) is 6.07 Å². The molecule has 0 unspecified atom stereocenters. The number of fused-ring (bicyclic) bond motifs is 1. The molecule has 0 aromatic heterocycles. The molecular weight excluding hydrogens is 260 g/mol. The first-order valence-corrected chi connectivity index (χ1v) is 6.72. The van der Waals surface area contributed by atoms with Crippen molar-refractivity contribution in [3.63, 3.8) is 0 Å². The molecule has 0 radical (unpaired) electrons. The van der Waals surface area contributed by atoms with Gasteiger partial charge in [0.1, 0.15) is 31.4 Å². The molecule has 0 spiro atoms. The van der Waals surface area contributed by atoms with E-state index in [1.54, 1.807) is 7.11 Å². The molecule has 1 aromatic rings. The van der Waals surface area contributed by atoms with Crippen LogP contribution in [-0.2, 0) is 4.74 Å². The van der Waals surface area contributed by atoms with Crippen LogP contribution in [-0.4, -0.2) is 52.5 Å². The van der Waals surface area contributed by atoms with Crippen molar-refractivity contribution >= 4 is 5.84 Å². The number of benzene rings is 1. The van der Waals surface area contributed by atoms with Crippen molar-refractivity contribution < 1.29 is 18.9 Å². The number of hydrogen-bond acceptors (Lipinski definition) is 6. The lowest BCUT2D eigenvalue weighted by molar-refractivity contribution is 0.144. The SMILES string of the molecule is COCCOc1cc2c(cc1C1=NCCN1)OCCO2. The average molecular weight is 278 g/mol. The number of nitrogens with one attached hydrogen (secondary N) is 1. The Hall–Kier alpha value is -1.95. The molecule has 0 amide bonds. The highest BCUT2D eigenvalue weighted by molar-refractivity contribution is 6.02. The molecule has 6 heteroatoms. The van der Waals surface area contributed by atoms with E-state index in [1.165, 1.54) is 0 Å². The molecule has 0 bridgehead atoms. The van der Waals surface area contributed by atoms with Gasteiger partial charge in [0.05, 0.1) is 18.7 Å². The number of amidine groups is 1. The second-order valence-electron chi connectivity index (χ2n) is 4.49. The van der Waals surface area contributed by atoms with Crippen LogP contribution in [0.25, 0.3) is 0 Å². The zero-order valence-electron chi connectivity index (χ0n) is 11.5. The van der Waals surface area contributed by atoms with Crippen molar-refractivity contribution in [2.45, 2.75) is 0 Å². The molecule has 0 saturated carbocycles. The molecule has 0 aliphatic carbocycles. The highest BCUT2D eigenvalue weighted by atomic mass is 16.6. The quantitative estimate of drug-likeness (QED) is 0.808. The summed E-state index contributed by atoms with van der Waals surface area (Å²) in [6.07, 6.45) is 0. The van der Waals surface area contributed by atoms with Crippen LogP contribution in [0, 0.1) is 0 Å². The van der Waals surface area contributed by atoms with Gasteiger partial charge in [0.2, 0.25) is 0 Å². The van der Waals surface area contributed by atoms with E-state index in [-0.39, 0.29) is 0 Å². The Kier molecular flexibility index (Phi) is 3.92. The maximum atomic E-state index is 5.77. The zero-order valence-corrected chi connectivity index (χ0v) is 11.5. The summed E-state index contributed by atoms with van der Waals surface area (Å²) >= 11 is 0. The highest BCUT2D eigenvalue weighted by Gasteiger charge is 2.21. The molecule has 2 heterocycles. The second kappa shape index (κ2) is 6.00. The van der Waals surface area contributed by atoms with Gasteiger partial charge in [-0.3, -0.25) is 4.99 Å². The van der Waals surface area contributed by atoms with Crippen molar-refractivity contribution in [1.29, 1.82) is 0 Å². The van der Waals surface area contributed by atoms with Gasteiger partial charge in [0.15, 0.2) is 11.5 Å². The molecule has 0 fully saturated rings. The first-order chi connectivity index (χ1) is 9.88. The summed E-state index contributed by atoms with van der Waals surface area (Å²) in [5.41, 5.74) is 0.905. The van der Waals surface area contributed by atoms with E-state index in [2.05, 4.69) is 10.3 Å². The van der Waals surface area contributed by atoms with Crippen molar-refractivity contribution in [2.75, 3.05) is 46.6 Å². The number of nitrogens with zero attached hydrogens (tertiary/aromatic N) is 1. The zero-order chi connectivity index (χ0) is 13.8. The fourth-order valence-corrected chi connectivity index (χ4v) is 2.19. The van der Waals surface area contributed by atoms with Gasteiger partial charge in [0, 0.05) is 19.7 Å². The van der Waals surface area contributed by atoms with Crippen LogP contribution in [0.15, 0.2) is 17.1 Å². The first-order valence-electron chi connectivity index (χ1n) is 6.72. The summed E-state index contributed by atoms with van der Waals surface area (Å²) in [4.78, 5) is 4.44. The summed E-state index contributed by atoms with van der Waals surface area (Å²) < 4.78 is 22.0. The van der Waals surface area contributed by atoms with Gasteiger partial charge in [-0.1, -0.05) is 0 Å². The molecule has 6 nitrogen and oxygen atoms in total. The van der Waals surface area contributed by atoms with Gasteiger partial charge in [-0.2, -0.15) is 0 Å². The predicted octanol–water partition coefficient (Wildman–Crippen LogP) is 0.833. The molecule has 3 rings (SSSR count). The lowest BCUT2D eigenvalue weighted by Crippen LogP contribution is -2.22. The lowest BCUT2D eigenvalue weighted by atomic mass is 10.1. The average Bonchev–Trinajstić information content (AvgIpc) is 3.01. The molecular formula is C14H18N2O4. The number of hydrogen-bond donors (Lipinski definition) is 1. The molecule has 20 heavy (non-hydrogen) atoms. The summed E-state index contributed by atoms with van der Waals surface area (Å²) in [5.74, 6) is 3.03. The van der Waals surface area contributed by atoms with Crippen LogP contribution in [0.2, 0.25) is 0 Å². The van der Waals surface area contributed by atoms with Gasteiger partial charge in [0.25, 0.3) is 0 Å². The third-order valence-corrected chi connectivity index (χ3v) is 3.12. The molecule has 1 N–H and O–H groups in total. The fraction of sp³-hybridized carbons (Fsp3) is 0.500. The number of methoxy groups -OCH3 is 1. The van der Waals surface area contributed by atoms with Crippen molar-refractivity contribution in [1.82, 2.24) is 5.32 Å². The first kappa shape index (κ1) is 13.1. The van der Waals surface area contributed by atoms with Crippen LogP contribution in [0.4, 0.5) is 0 Å². The minimum Gasteiger partial charge on any atom is -0.490 e. The maximum Gasteiger partial charge on any atom is 0.165 e. The van der Waals surface area contributed by atoms with E-state index in [1.807, 2.05) is 12.1 Å². The Morgan fingerprint density at radius 2 is 2.00 bits per heavy atom. The van der Waals surface area contributed by atoms with E-state index >= 15 is 0 Å². The molecule has 0 saturated heterocycles. The smallest absolute Gasteiger partial charge is 0.165 e. The number of aliphatic imine (C=N–C) groups is 1. The third-order valence-electron chi connectivity index (χ3n) is 3.12. The second-order valence-corrected chi connectivity index (χ2v) is 4.49. The van der Waals surface area contributed by atoms with Gasteiger partial charge >= 0.3 is 0 Å². The predicted molar refractivity (Wildman–Crippen MR) is 74.2 cm³/mol. The fourth-order valence-electron chi connectivity index (χ4n) is 2.19. The normalized spacial score (nSPS) is 16.6. The minimum absolute atomic E-state index is 0.483. The Morgan fingerprint density at radius 3 is 2.70 bits per heavy atom. The lowest BCUT2D eigenvalue weighted by Gasteiger charge is -2.21. The van der Waals surface area contributed by atoms with Crippen molar-refractivity contribution in [3.8, 4) is 17.2 Å². The van der Waals surface area contributed by atoms with E-state index in [0.29, 0.717) is 32.2 Å². The Bertz CT molecular complexity index is 516. The monoisotopic (exact) mass is 278 g/mol. The van der Waals surface area contributed by atoms with E-state index in [0.717, 1.165) is 36.0 Å². The van der Waals surface area contributed by atoms with Crippen LogP contribution >= 0.6 is 0 Å². The summed E-state index contributed by atoms with van der Waals surface area (Å²) in [6, 6.07) is 3.79. The van der Waals surface area contributed by atoms with Gasteiger partial charge in [-0.25, -0.2) is 0 Å².